The van der Waals surface area contributed by atoms with Gasteiger partial charge in [-0.2, -0.15) is 0 Å². The van der Waals surface area contributed by atoms with Gasteiger partial charge in [-0.3, -0.25) is 18.6 Å². The number of phosphoric acid groups is 1. The Kier molecular flexibility index (Phi) is 36.2. The van der Waals surface area contributed by atoms with E-state index in [1.54, 1.807) is 0 Å². The van der Waals surface area contributed by atoms with Crippen molar-refractivity contribution in [1.29, 1.82) is 0 Å². The Balaban J connectivity index is 4.26. The molecule has 0 radical (unpaired) electrons. The number of hydrogen-bond donors (Lipinski definition) is 2. The van der Waals surface area contributed by atoms with Gasteiger partial charge in [-0.25, -0.2) is 4.57 Å². The second-order valence-electron chi connectivity index (χ2n) is 13.1. The number of esters is 2. The second kappa shape index (κ2) is 37.7. The fourth-order valence-corrected chi connectivity index (χ4v) is 5.93. The predicted molar refractivity (Wildman–Crippen MR) is 210 cm³/mol. The molecule has 10 heteroatoms. The Bertz CT molecular complexity index is 981. The van der Waals surface area contributed by atoms with E-state index in [1.165, 1.54) is 51.4 Å². The molecule has 0 aliphatic rings. The molecule has 2 atom stereocenters. The first kappa shape index (κ1) is 49.0. The molecule has 0 bridgehead atoms. The van der Waals surface area contributed by atoms with Gasteiger partial charge in [0.2, 0.25) is 0 Å². The Morgan fingerprint density at radius 2 is 1.02 bits per heavy atom. The number of carbonyl (C=O) groups is 2. The maximum atomic E-state index is 12.5. The van der Waals surface area contributed by atoms with E-state index in [9.17, 15) is 19.0 Å². The quantitative estimate of drug-likeness (QED) is 0.0276. The van der Waals surface area contributed by atoms with Gasteiger partial charge in [0.1, 0.15) is 6.61 Å². The molecule has 0 amide bonds. The minimum absolute atomic E-state index is 0.0473. The van der Waals surface area contributed by atoms with Crippen LogP contribution in [0, 0.1) is 0 Å². The number of ether oxygens (including phenoxy) is 2. The molecule has 0 aromatic carbocycles. The minimum Gasteiger partial charge on any atom is -0.462 e. The third-order valence-corrected chi connectivity index (χ3v) is 9.17. The van der Waals surface area contributed by atoms with Crippen molar-refractivity contribution < 1.29 is 37.6 Å². The summed E-state index contributed by atoms with van der Waals surface area (Å²) >= 11 is 0. The molecule has 0 spiro atoms. The number of carbonyl (C=O) groups excluding carboxylic acids is 2. The predicted octanol–water partition coefficient (Wildman–Crippen LogP) is 11.2. The first-order chi connectivity index (χ1) is 24.8. The van der Waals surface area contributed by atoms with Crippen molar-refractivity contribution in [1.82, 2.24) is 0 Å². The molecule has 0 aromatic heterocycles. The molecule has 0 aliphatic carbocycles. The van der Waals surface area contributed by atoms with E-state index in [0.717, 1.165) is 77.0 Å². The number of hydrogen-bond acceptors (Lipinski definition) is 8. The molecule has 9 nitrogen and oxygen atoms in total. The lowest BCUT2D eigenvalue weighted by Gasteiger charge is -2.19. The molecule has 0 fully saturated rings. The molecule has 0 aromatic rings. The number of unbranched alkanes of at least 4 members (excludes halogenated alkanes) is 16. The summed E-state index contributed by atoms with van der Waals surface area (Å²) in [6.45, 7) is 3.63. The summed E-state index contributed by atoms with van der Waals surface area (Å²) in [4.78, 5) is 34.8. The Hall–Kier alpha value is -2.03. The highest BCUT2D eigenvalue weighted by atomic mass is 31.2. The molecule has 0 rings (SSSR count). The van der Waals surface area contributed by atoms with Crippen LogP contribution in [0.3, 0.4) is 0 Å². The fraction of sp³-hybridized carbons (Fsp3) is 0.756. The largest absolute Gasteiger partial charge is 0.472 e. The third-order valence-electron chi connectivity index (χ3n) is 8.19. The maximum absolute atomic E-state index is 12.5. The summed E-state index contributed by atoms with van der Waals surface area (Å²) in [5.41, 5.74) is 5.33. The highest BCUT2D eigenvalue weighted by molar-refractivity contribution is 7.47. The number of allylic oxidation sites excluding steroid dienone is 8. The third kappa shape index (κ3) is 37.5. The van der Waals surface area contributed by atoms with E-state index in [2.05, 4.69) is 62.5 Å². The Morgan fingerprint density at radius 1 is 0.588 bits per heavy atom. The summed E-state index contributed by atoms with van der Waals surface area (Å²) in [7, 11) is -4.38. The van der Waals surface area contributed by atoms with Gasteiger partial charge in [-0.15, -0.1) is 0 Å². The van der Waals surface area contributed by atoms with Crippen molar-refractivity contribution >= 4 is 19.8 Å². The smallest absolute Gasteiger partial charge is 0.462 e. The van der Waals surface area contributed by atoms with Crippen molar-refractivity contribution in [3.05, 3.63) is 48.6 Å². The molecular weight excluding hydrogens is 665 g/mol. The van der Waals surface area contributed by atoms with Crippen molar-refractivity contribution in [3.63, 3.8) is 0 Å². The number of nitrogens with two attached hydrogens (primary N) is 1. The zero-order chi connectivity index (χ0) is 37.5. The number of rotatable bonds is 37. The molecule has 0 saturated heterocycles. The molecular formula is C41H74NO8P. The monoisotopic (exact) mass is 740 g/mol. The van der Waals surface area contributed by atoms with Gasteiger partial charge >= 0.3 is 19.8 Å². The van der Waals surface area contributed by atoms with Crippen LogP contribution < -0.4 is 5.73 Å². The first-order valence-corrected chi connectivity index (χ1v) is 21.6. The lowest BCUT2D eigenvalue weighted by atomic mass is 10.1. The SMILES string of the molecule is CCCCCC=CCC=CCCCCCCCC(=O)OCC(COP(=O)(O)OCCN)OC(=O)CCCCCCCC=CCC=CCCCCC. The van der Waals surface area contributed by atoms with Gasteiger partial charge < -0.3 is 20.1 Å². The van der Waals surface area contributed by atoms with E-state index in [-0.39, 0.29) is 32.6 Å². The van der Waals surface area contributed by atoms with E-state index in [4.69, 9.17) is 24.3 Å². The summed E-state index contributed by atoms with van der Waals surface area (Å²) in [6.07, 6.45) is 41.3. The standard InChI is InChI=1S/C41H74NO8P/c1-3-5-7-9-11-13-15-17-19-21-23-25-27-29-31-33-40(43)47-37-39(38-49-51(45,46)48-36-35-42)50-41(44)34-32-30-28-26-24-22-20-18-16-14-12-10-8-6-4-2/h11-14,17-20,39H,3-10,15-16,21-38,42H2,1-2H3,(H,45,46). The lowest BCUT2D eigenvalue weighted by molar-refractivity contribution is -0.161. The Labute approximate surface area is 311 Å². The van der Waals surface area contributed by atoms with Crippen LogP contribution in [0.15, 0.2) is 48.6 Å². The van der Waals surface area contributed by atoms with Crippen LogP contribution in [0.4, 0.5) is 0 Å². The zero-order valence-corrected chi connectivity index (χ0v) is 33.2. The highest BCUT2D eigenvalue weighted by Gasteiger charge is 2.25. The van der Waals surface area contributed by atoms with Crippen LogP contribution in [0.5, 0.6) is 0 Å². The number of phosphoric ester groups is 1. The van der Waals surface area contributed by atoms with Gasteiger partial charge in [0.25, 0.3) is 0 Å². The normalized spacial score (nSPS) is 13.9. The summed E-state index contributed by atoms with van der Waals surface area (Å²) in [5, 5.41) is 0. The average molecular weight is 740 g/mol. The molecule has 2 unspecified atom stereocenters. The van der Waals surface area contributed by atoms with Crippen LogP contribution in [0.2, 0.25) is 0 Å². The van der Waals surface area contributed by atoms with E-state index in [0.29, 0.717) is 12.8 Å². The van der Waals surface area contributed by atoms with Gasteiger partial charge in [0.15, 0.2) is 6.10 Å². The minimum atomic E-state index is -4.38. The molecule has 0 heterocycles. The van der Waals surface area contributed by atoms with Crippen molar-refractivity contribution in [2.24, 2.45) is 5.73 Å². The maximum Gasteiger partial charge on any atom is 0.472 e. The van der Waals surface area contributed by atoms with Crippen LogP contribution in [-0.2, 0) is 32.7 Å². The molecule has 296 valence electrons. The molecule has 0 saturated carbocycles. The van der Waals surface area contributed by atoms with Gasteiger partial charge in [0, 0.05) is 19.4 Å². The van der Waals surface area contributed by atoms with Gasteiger partial charge in [-0.1, -0.05) is 127 Å². The van der Waals surface area contributed by atoms with Crippen LogP contribution in [0.1, 0.15) is 168 Å². The van der Waals surface area contributed by atoms with Crippen molar-refractivity contribution in [2.45, 2.75) is 174 Å². The van der Waals surface area contributed by atoms with Crippen LogP contribution in [-0.4, -0.2) is 49.3 Å². The van der Waals surface area contributed by atoms with E-state index < -0.39 is 32.5 Å². The lowest BCUT2D eigenvalue weighted by Crippen LogP contribution is -2.29. The highest BCUT2D eigenvalue weighted by Crippen LogP contribution is 2.43. The van der Waals surface area contributed by atoms with E-state index in [1.807, 2.05) is 0 Å². The fourth-order valence-electron chi connectivity index (χ4n) is 5.16. The molecule has 51 heavy (non-hydrogen) atoms. The zero-order valence-electron chi connectivity index (χ0n) is 32.3. The molecule has 0 aliphatic heterocycles. The Morgan fingerprint density at radius 3 is 1.49 bits per heavy atom. The topological polar surface area (TPSA) is 134 Å². The molecule has 3 N–H and O–H groups in total. The second-order valence-corrected chi connectivity index (χ2v) is 14.6. The first-order valence-electron chi connectivity index (χ1n) is 20.1. The average Bonchev–Trinajstić information content (AvgIpc) is 3.11. The van der Waals surface area contributed by atoms with Gasteiger partial charge in [-0.05, 0) is 77.0 Å². The van der Waals surface area contributed by atoms with Crippen LogP contribution >= 0.6 is 7.82 Å². The van der Waals surface area contributed by atoms with Crippen molar-refractivity contribution in [3.8, 4) is 0 Å². The van der Waals surface area contributed by atoms with E-state index >= 15 is 0 Å². The van der Waals surface area contributed by atoms with Crippen molar-refractivity contribution in [2.75, 3.05) is 26.4 Å². The summed E-state index contributed by atoms with van der Waals surface area (Å²) in [5.74, 6) is -0.864. The summed E-state index contributed by atoms with van der Waals surface area (Å²) in [6, 6.07) is 0. The van der Waals surface area contributed by atoms with Gasteiger partial charge in [0.05, 0.1) is 13.2 Å². The summed E-state index contributed by atoms with van der Waals surface area (Å²) < 4.78 is 32.7. The van der Waals surface area contributed by atoms with Crippen LogP contribution in [0.25, 0.3) is 0 Å².